The van der Waals surface area contributed by atoms with Crippen LogP contribution >= 0.6 is 23.4 Å². The van der Waals surface area contributed by atoms with E-state index in [2.05, 4.69) is 17.2 Å². The summed E-state index contributed by atoms with van der Waals surface area (Å²) in [4.78, 5) is 11.7. The number of carbonyl (C=O) groups excluding carboxylic acids is 1. The van der Waals surface area contributed by atoms with E-state index in [0.29, 0.717) is 28.3 Å². The highest BCUT2D eigenvalue weighted by Crippen LogP contribution is 2.29. The number of halogens is 1. The first-order chi connectivity index (χ1) is 10.8. The fraction of sp³-hybridized carbons (Fsp3) is 0.471. The average Bonchev–Trinajstić information content (AvgIpc) is 3.04. The van der Waals surface area contributed by atoms with Gasteiger partial charge in [0.25, 0.3) is 0 Å². The minimum absolute atomic E-state index is 0.0539. The predicted molar refractivity (Wildman–Crippen MR) is 92.4 cm³/mol. The molecule has 118 valence electrons. The van der Waals surface area contributed by atoms with Gasteiger partial charge in [-0.15, -0.1) is 11.8 Å². The molecule has 0 bridgehead atoms. The van der Waals surface area contributed by atoms with Crippen LogP contribution in [0, 0.1) is 11.8 Å². The van der Waals surface area contributed by atoms with Gasteiger partial charge >= 0.3 is 0 Å². The summed E-state index contributed by atoms with van der Waals surface area (Å²) in [5.74, 6) is 6.94. The molecule has 22 heavy (non-hydrogen) atoms. The fourth-order valence-electron chi connectivity index (χ4n) is 2.23. The molecule has 0 saturated heterocycles. The highest BCUT2D eigenvalue weighted by molar-refractivity contribution is 8.00. The van der Waals surface area contributed by atoms with Gasteiger partial charge in [-0.25, -0.2) is 0 Å². The maximum atomic E-state index is 11.7. The Labute approximate surface area is 141 Å². The number of ether oxygens (including phenoxy) is 1. The van der Waals surface area contributed by atoms with E-state index in [1.54, 1.807) is 23.9 Å². The number of para-hydroxylation sites is 1. The summed E-state index contributed by atoms with van der Waals surface area (Å²) < 4.78 is 5.44. The summed E-state index contributed by atoms with van der Waals surface area (Å²) in [5.41, 5.74) is 0. The molecule has 1 aromatic rings. The van der Waals surface area contributed by atoms with Crippen LogP contribution < -0.4 is 10.1 Å². The average molecular weight is 338 g/mol. The van der Waals surface area contributed by atoms with E-state index in [1.165, 1.54) is 25.7 Å². The number of hydrogen-bond acceptors (Lipinski definition) is 3. The van der Waals surface area contributed by atoms with Crippen molar-refractivity contribution in [1.29, 1.82) is 0 Å². The largest absolute Gasteiger partial charge is 0.479 e. The molecule has 1 aliphatic carbocycles. The first-order valence-corrected chi connectivity index (χ1v) is 8.90. The van der Waals surface area contributed by atoms with Gasteiger partial charge in [0.1, 0.15) is 12.4 Å². The molecule has 1 aromatic carbocycles. The second-order valence-corrected chi connectivity index (χ2v) is 6.76. The lowest BCUT2D eigenvalue weighted by Gasteiger charge is -2.07. The molecule has 1 saturated carbocycles. The lowest BCUT2D eigenvalue weighted by Crippen LogP contribution is -2.26. The third kappa shape index (κ3) is 6.21. The van der Waals surface area contributed by atoms with Crippen molar-refractivity contribution in [3.05, 3.63) is 29.3 Å². The molecule has 1 N–H and O–H groups in total. The molecule has 0 spiro atoms. The van der Waals surface area contributed by atoms with E-state index >= 15 is 0 Å². The van der Waals surface area contributed by atoms with Crippen molar-refractivity contribution in [2.24, 2.45) is 0 Å². The Morgan fingerprint density at radius 3 is 2.86 bits per heavy atom. The first kappa shape index (κ1) is 17.1. The highest BCUT2D eigenvalue weighted by atomic mass is 35.5. The summed E-state index contributed by atoms with van der Waals surface area (Å²) in [5, 5.41) is 4.04. The van der Waals surface area contributed by atoms with Gasteiger partial charge in [0, 0.05) is 5.25 Å². The molecule has 0 radical (unpaired) electrons. The van der Waals surface area contributed by atoms with Crippen molar-refractivity contribution in [2.75, 3.05) is 18.9 Å². The Balaban J connectivity index is 1.56. The van der Waals surface area contributed by atoms with Gasteiger partial charge in [-0.3, -0.25) is 4.79 Å². The number of rotatable bonds is 6. The van der Waals surface area contributed by atoms with Crippen molar-refractivity contribution in [2.45, 2.75) is 30.9 Å². The van der Waals surface area contributed by atoms with Gasteiger partial charge in [-0.2, -0.15) is 0 Å². The van der Waals surface area contributed by atoms with Gasteiger partial charge in [-0.1, -0.05) is 48.4 Å². The lowest BCUT2D eigenvalue weighted by atomic mass is 10.3. The first-order valence-electron chi connectivity index (χ1n) is 7.47. The van der Waals surface area contributed by atoms with E-state index in [0.717, 1.165) is 0 Å². The standard InChI is InChI=1S/C17H20ClNO2S/c18-15-9-3-4-10-16(15)21-12-6-5-11-19-17(20)13-22-14-7-1-2-8-14/h3-4,9-10,14H,1-2,7-8,11-13H2,(H,19,20). The summed E-state index contributed by atoms with van der Waals surface area (Å²) >= 11 is 7.72. The molecule has 1 amide bonds. The Morgan fingerprint density at radius 2 is 2.09 bits per heavy atom. The van der Waals surface area contributed by atoms with Crippen LogP contribution in [0.3, 0.4) is 0 Å². The predicted octanol–water partition coefficient (Wildman–Crippen LogP) is 3.51. The minimum Gasteiger partial charge on any atom is -0.479 e. The molecule has 3 nitrogen and oxygen atoms in total. The van der Waals surface area contributed by atoms with E-state index in [1.807, 2.05) is 12.1 Å². The Hall–Kier alpha value is -1.31. The summed E-state index contributed by atoms with van der Waals surface area (Å²) in [6.45, 7) is 0.617. The van der Waals surface area contributed by atoms with Gasteiger partial charge in [-0.05, 0) is 25.0 Å². The van der Waals surface area contributed by atoms with Gasteiger partial charge in [0.15, 0.2) is 0 Å². The van der Waals surface area contributed by atoms with Crippen molar-refractivity contribution < 1.29 is 9.53 Å². The zero-order valence-corrected chi connectivity index (χ0v) is 14.0. The van der Waals surface area contributed by atoms with Crippen molar-refractivity contribution in [3.8, 4) is 17.6 Å². The maximum Gasteiger partial charge on any atom is 0.230 e. The molecule has 0 unspecified atom stereocenters. The van der Waals surface area contributed by atoms with Gasteiger partial charge in [0.05, 0.1) is 17.3 Å². The second kappa shape index (κ2) is 9.66. The zero-order valence-electron chi connectivity index (χ0n) is 12.4. The lowest BCUT2D eigenvalue weighted by molar-refractivity contribution is -0.118. The van der Waals surface area contributed by atoms with Crippen LogP contribution in [0.15, 0.2) is 24.3 Å². The third-order valence-electron chi connectivity index (χ3n) is 3.39. The van der Waals surface area contributed by atoms with Gasteiger partial charge < -0.3 is 10.1 Å². The number of carbonyl (C=O) groups is 1. The molecule has 1 fully saturated rings. The van der Waals surface area contributed by atoms with Crippen LogP contribution in [-0.2, 0) is 4.79 Å². The highest BCUT2D eigenvalue weighted by Gasteiger charge is 2.16. The SMILES string of the molecule is O=C(CSC1CCCC1)NCC#CCOc1ccccc1Cl. The molecular weight excluding hydrogens is 318 g/mol. The molecule has 0 aliphatic heterocycles. The Morgan fingerprint density at radius 1 is 1.32 bits per heavy atom. The summed E-state index contributed by atoms with van der Waals surface area (Å²) in [6, 6.07) is 7.27. The zero-order chi connectivity index (χ0) is 15.6. The van der Waals surface area contributed by atoms with Crippen molar-refractivity contribution in [3.63, 3.8) is 0 Å². The monoisotopic (exact) mass is 337 g/mol. The topological polar surface area (TPSA) is 38.3 Å². The summed E-state index contributed by atoms with van der Waals surface area (Å²) in [6.07, 6.45) is 5.10. The normalized spacial score (nSPS) is 14.2. The fourth-order valence-corrected chi connectivity index (χ4v) is 3.58. The quantitative estimate of drug-likeness (QED) is 0.807. The van der Waals surface area contributed by atoms with E-state index in [-0.39, 0.29) is 12.5 Å². The minimum atomic E-state index is 0.0539. The number of thioether (sulfide) groups is 1. The van der Waals surface area contributed by atoms with Crippen molar-refractivity contribution >= 4 is 29.3 Å². The summed E-state index contributed by atoms with van der Waals surface area (Å²) in [7, 11) is 0. The van der Waals surface area contributed by atoms with Crippen LogP contribution in [0.2, 0.25) is 5.02 Å². The van der Waals surface area contributed by atoms with Crippen molar-refractivity contribution in [1.82, 2.24) is 5.32 Å². The van der Waals surface area contributed by atoms with Crippen LogP contribution in [0.25, 0.3) is 0 Å². The Bertz CT molecular complexity index is 547. The molecular formula is C17H20ClNO2S. The van der Waals surface area contributed by atoms with Crippen LogP contribution in [0.1, 0.15) is 25.7 Å². The smallest absolute Gasteiger partial charge is 0.230 e. The number of benzene rings is 1. The molecule has 5 heteroatoms. The van der Waals surface area contributed by atoms with Crippen LogP contribution in [-0.4, -0.2) is 30.1 Å². The Kier molecular flexibility index (Phi) is 7.48. The molecule has 2 rings (SSSR count). The number of amides is 1. The van der Waals surface area contributed by atoms with E-state index in [4.69, 9.17) is 16.3 Å². The number of nitrogens with one attached hydrogen (secondary N) is 1. The van der Waals surface area contributed by atoms with Gasteiger partial charge in [0.2, 0.25) is 5.91 Å². The van der Waals surface area contributed by atoms with E-state index in [9.17, 15) is 4.79 Å². The molecule has 0 aromatic heterocycles. The molecule has 0 atom stereocenters. The molecule has 0 heterocycles. The van der Waals surface area contributed by atoms with Crippen LogP contribution in [0.5, 0.6) is 5.75 Å². The third-order valence-corrected chi connectivity index (χ3v) is 5.07. The van der Waals surface area contributed by atoms with Crippen LogP contribution in [0.4, 0.5) is 0 Å². The number of hydrogen-bond donors (Lipinski definition) is 1. The molecule has 1 aliphatic rings. The maximum absolute atomic E-state index is 11.7. The second-order valence-electron chi connectivity index (χ2n) is 5.07. The van der Waals surface area contributed by atoms with E-state index < -0.39 is 0 Å².